The van der Waals surface area contributed by atoms with Crippen LogP contribution in [0.25, 0.3) is 5.65 Å². The molecule has 0 aliphatic carbocycles. The lowest BCUT2D eigenvalue weighted by Crippen LogP contribution is -2.38. The molecule has 2 aromatic rings. The molecule has 1 fully saturated rings. The van der Waals surface area contributed by atoms with Gasteiger partial charge < -0.3 is 10.0 Å². The number of fused-ring (bicyclic) bond motifs is 1. The number of nitrogens with zero attached hydrogens (tertiary/aromatic N) is 3. The van der Waals surface area contributed by atoms with Gasteiger partial charge in [0.1, 0.15) is 11.3 Å². The third-order valence-corrected chi connectivity index (χ3v) is 4.02. The summed E-state index contributed by atoms with van der Waals surface area (Å²) in [5.41, 5.74) is 1.34. The molecule has 0 aromatic carbocycles. The van der Waals surface area contributed by atoms with Gasteiger partial charge in [0.2, 0.25) is 0 Å². The van der Waals surface area contributed by atoms with Gasteiger partial charge in [-0.3, -0.25) is 9.20 Å². The Balaban J connectivity index is 2.09. The van der Waals surface area contributed by atoms with Crippen LogP contribution in [0.2, 0.25) is 0 Å². The molecule has 1 saturated heterocycles. The number of anilines is 1. The topological polar surface area (TPSA) is 57.8 Å². The number of imidazole rings is 1. The van der Waals surface area contributed by atoms with E-state index >= 15 is 0 Å². The Morgan fingerprint density at radius 2 is 2.25 bits per heavy atom. The number of hydrogen-bond donors (Lipinski definition) is 1. The average Bonchev–Trinajstić information content (AvgIpc) is 2.69. The smallest absolute Gasteiger partial charge is 0.170 e. The van der Waals surface area contributed by atoms with Crippen LogP contribution in [0, 0.1) is 0 Å². The van der Waals surface area contributed by atoms with E-state index in [1.165, 1.54) is 0 Å². The summed E-state index contributed by atoms with van der Waals surface area (Å²) in [6.07, 6.45) is 7.00. The van der Waals surface area contributed by atoms with Gasteiger partial charge in [0.25, 0.3) is 0 Å². The molecule has 5 heteroatoms. The van der Waals surface area contributed by atoms with Crippen LogP contribution >= 0.6 is 0 Å². The maximum absolute atomic E-state index is 11.5. The fraction of sp³-hybridized carbons (Fsp3) is 0.467. The molecule has 2 aromatic heterocycles. The molecule has 3 heterocycles. The zero-order chi connectivity index (χ0) is 13.9. The number of aldehydes is 1. The summed E-state index contributed by atoms with van der Waals surface area (Å²) in [6.45, 7) is 0.947. The first-order chi connectivity index (χ1) is 9.85. The predicted octanol–water partition coefficient (Wildman–Crippen LogP) is 1.89. The molecule has 0 amide bonds. The Morgan fingerprint density at radius 3 is 3.05 bits per heavy atom. The van der Waals surface area contributed by atoms with E-state index in [-0.39, 0.29) is 12.6 Å². The molecule has 0 spiro atoms. The van der Waals surface area contributed by atoms with Gasteiger partial charge in [0.05, 0.1) is 12.6 Å². The number of aliphatic hydroxyl groups is 1. The van der Waals surface area contributed by atoms with Crippen molar-refractivity contribution in [3.05, 3.63) is 30.1 Å². The number of pyridine rings is 1. The van der Waals surface area contributed by atoms with E-state index in [4.69, 9.17) is 0 Å². The summed E-state index contributed by atoms with van der Waals surface area (Å²) in [7, 11) is 0. The first-order valence-corrected chi connectivity index (χ1v) is 7.15. The number of aliphatic hydroxyl groups excluding tert-OH is 1. The number of rotatable bonds is 3. The van der Waals surface area contributed by atoms with Gasteiger partial charge in [-0.1, -0.05) is 18.9 Å². The normalized spacial score (nSPS) is 20.1. The molecular weight excluding hydrogens is 254 g/mol. The molecule has 0 bridgehead atoms. The fourth-order valence-corrected chi connectivity index (χ4v) is 2.97. The zero-order valence-corrected chi connectivity index (χ0v) is 11.4. The van der Waals surface area contributed by atoms with Gasteiger partial charge in [-0.05, 0) is 25.0 Å². The van der Waals surface area contributed by atoms with Gasteiger partial charge in [0.15, 0.2) is 12.1 Å². The van der Waals surface area contributed by atoms with Gasteiger partial charge in [-0.25, -0.2) is 4.98 Å². The van der Waals surface area contributed by atoms with E-state index < -0.39 is 0 Å². The highest BCUT2D eigenvalue weighted by Gasteiger charge is 2.25. The van der Waals surface area contributed by atoms with E-state index in [2.05, 4.69) is 9.88 Å². The van der Waals surface area contributed by atoms with Crippen molar-refractivity contribution in [1.29, 1.82) is 0 Å². The minimum atomic E-state index is 0.0566. The van der Waals surface area contributed by atoms with Crippen molar-refractivity contribution in [2.75, 3.05) is 18.1 Å². The Kier molecular flexibility index (Phi) is 3.69. The maximum atomic E-state index is 11.5. The number of carbonyl (C=O) groups excluding carboxylic acids is 1. The lowest BCUT2D eigenvalue weighted by Gasteiger charge is -2.29. The van der Waals surface area contributed by atoms with Crippen LogP contribution in [0.4, 0.5) is 5.82 Å². The lowest BCUT2D eigenvalue weighted by molar-refractivity contribution is 0.111. The average molecular weight is 273 g/mol. The van der Waals surface area contributed by atoms with Crippen LogP contribution in [-0.2, 0) is 0 Å². The first kappa shape index (κ1) is 13.1. The summed E-state index contributed by atoms with van der Waals surface area (Å²) in [6, 6.07) is 5.74. The summed E-state index contributed by atoms with van der Waals surface area (Å²) in [4.78, 5) is 18.2. The minimum Gasteiger partial charge on any atom is -0.394 e. The molecule has 5 nitrogen and oxygen atoms in total. The second-order valence-electron chi connectivity index (χ2n) is 5.25. The molecule has 1 unspecified atom stereocenters. The maximum Gasteiger partial charge on any atom is 0.170 e. The molecule has 20 heavy (non-hydrogen) atoms. The fourth-order valence-electron chi connectivity index (χ4n) is 2.97. The van der Waals surface area contributed by atoms with Gasteiger partial charge in [-0.2, -0.15) is 0 Å². The second kappa shape index (κ2) is 5.63. The first-order valence-electron chi connectivity index (χ1n) is 7.15. The molecule has 0 saturated carbocycles. The SMILES string of the molecule is O=Cc1c(N2CCCCCC2CO)nc2ccccn12. The van der Waals surface area contributed by atoms with E-state index in [1.54, 1.807) is 0 Å². The van der Waals surface area contributed by atoms with Crippen LogP contribution in [0.15, 0.2) is 24.4 Å². The molecular formula is C15H19N3O2. The van der Waals surface area contributed by atoms with Gasteiger partial charge in [0, 0.05) is 12.7 Å². The molecule has 0 radical (unpaired) electrons. The van der Waals surface area contributed by atoms with E-state index in [9.17, 15) is 9.90 Å². The Bertz CT molecular complexity index is 608. The van der Waals surface area contributed by atoms with Crippen LogP contribution in [0.1, 0.15) is 36.2 Å². The Labute approximate surface area is 117 Å². The Morgan fingerprint density at radius 1 is 1.35 bits per heavy atom. The second-order valence-corrected chi connectivity index (χ2v) is 5.25. The standard InChI is InChI=1S/C15H19N3O2/c19-10-12-6-2-1-4-8-17(12)15-13(11-20)18-9-5-3-7-14(18)16-15/h3,5,7,9,11-12,19H,1-2,4,6,8,10H2. The van der Waals surface area contributed by atoms with E-state index in [0.717, 1.165) is 44.2 Å². The third kappa shape index (κ3) is 2.18. The van der Waals surface area contributed by atoms with Gasteiger partial charge in [-0.15, -0.1) is 0 Å². The number of aromatic nitrogens is 2. The Hall–Kier alpha value is -1.88. The van der Waals surface area contributed by atoms with Crippen LogP contribution in [0.3, 0.4) is 0 Å². The molecule has 1 N–H and O–H groups in total. The molecule has 3 rings (SSSR count). The molecule has 106 valence electrons. The quantitative estimate of drug-likeness (QED) is 0.868. The van der Waals surface area contributed by atoms with Crippen molar-refractivity contribution < 1.29 is 9.90 Å². The van der Waals surface area contributed by atoms with Crippen LogP contribution in [-0.4, -0.2) is 40.0 Å². The van der Waals surface area contributed by atoms with E-state index in [1.807, 2.05) is 28.8 Å². The molecule has 1 atom stereocenters. The highest BCUT2D eigenvalue weighted by Crippen LogP contribution is 2.26. The van der Waals surface area contributed by atoms with Gasteiger partial charge >= 0.3 is 0 Å². The lowest BCUT2D eigenvalue weighted by atomic mass is 10.1. The van der Waals surface area contributed by atoms with Crippen LogP contribution < -0.4 is 4.90 Å². The number of carbonyl (C=O) groups is 1. The summed E-state index contributed by atoms with van der Waals surface area (Å²) < 4.78 is 1.81. The van der Waals surface area contributed by atoms with E-state index in [0.29, 0.717) is 11.5 Å². The van der Waals surface area contributed by atoms with Crippen molar-refractivity contribution in [3.8, 4) is 0 Å². The molecule has 1 aliphatic rings. The van der Waals surface area contributed by atoms with Crippen molar-refractivity contribution in [1.82, 2.24) is 9.38 Å². The predicted molar refractivity (Wildman–Crippen MR) is 77.3 cm³/mol. The summed E-state index contributed by atoms with van der Waals surface area (Å²) in [5.74, 6) is 0.701. The highest BCUT2D eigenvalue weighted by atomic mass is 16.3. The monoisotopic (exact) mass is 273 g/mol. The third-order valence-electron chi connectivity index (χ3n) is 4.02. The van der Waals surface area contributed by atoms with Crippen molar-refractivity contribution in [2.24, 2.45) is 0 Å². The number of hydrogen-bond acceptors (Lipinski definition) is 4. The largest absolute Gasteiger partial charge is 0.394 e. The minimum absolute atomic E-state index is 0.0566. The van der Waals surface area contributed by atoms with Crippen molar-refractivity contribution in [2.45, 2.75) is 31.7 Å². The van der Waals surface area contributed by atoms with Crippen molar-refractivity contribution in [3.63, 3.8) is 0 Å². The van der Waals surface area contributed by atoms with Crippen molar-refractivity contribution >= 4 is 17.8 Å². The highest BCUT2D eigenvalue weighted by molar-refractivity contribution is 5.83. The zero-order valence-electron chi connectivity index (χ0n) is 11.4. The molecule has 1 aliphatic heterocycles. The summed E-state index contributed by atoms with van der Waals surface area (Å²) in [5, 5.41) is 9.62. The van der Waals surface area contributed by atoms with Crippen LogP contribution in [0.5, 0.6) is 0 Å². The summed E-state index contributed by atoms with van der Waals surface area (Å²) >= 11 is 0.